The average Bonchev–Trinajstić information content (AvgIpc) is 2.56. The van der Waals surface area contributed by atoms with Crippen molar-refractivity contribution in [3.05, 3.63) is 51.5 Å². The maximum atomic E-state index is 13.1. The smallest absolute Gasteiger partial charge is 0.123 e. The molecule has 0 aliphatic carbocycles. The van der Waals surface area contributed by atoms with E-state index in [0.29, 0.717) is 12.8 Å². The molecule has 0 spiro atoms. The van der Waals surface area contributed by atoms with Crippen LogP contribution in [-0.2, 0) is 19.9 Å². The first-order valence-electron chi connectivity index (χ1n) is 6.08. The molecule has 0 saturated heterocycles. The third-order valence-electron chi connectivity index (χ3n) is 3.05. The largest absolute Gasteiger partial charge is 0.392 e. The maximum absolute atomic E-state index is 13.1. The molecule has 0 saturated carbocycles. The van der Waals surface area contributed by atoms with Crippen LogP contribution in [0.3, 0.4) is 0 Å². The molecule has 1 heterocycles. The summed E-state index contributed by atoms with van der Waals surface area (Å²) in [6, 6.07) is 6.32. The second kappa shape index (κ2) is 5.84. The molecule has 3 nitrogen and oxygen atoms in total. The first kappa shape index (κ1) is 14.2. The Morgan fingerprint density at radius 3 is 2.74 bits per heavy atom. The molecule has 1 unspecified atom stereocenters. The summed E-state index contributed by atoms with van der Waals surface area (Å²) >= 11 is 3.47. The van der Waals surface area contributed by atoms with Gasteiger partial charge in [-0.15, -0.1) is 0 Å². The molecule has 2 rings (SSSR count). The van der Waals surface area contributed by atoms with Crippen LogP contribution in [0.15, 0.2) is 28.7 Å². The van der Waals surface area contributed by atoms with Gasteiger partial charge in [-0.3, -0.25) is 4.68 Å². The fourth-order valence-electron chi connectivity index (χ4n) is 2.13. The second-order valence-corrected chi connectivity index (χ2v) is 5.45. The van der Waals surface area contributed by atoms with Gasteiger partial charge in [-0.2, -0.15) is 5.10 Å². The highest BCUT2D eigenvalue weighted by Gasteiger charge is 2.15. The predicted octanol–water partition coefficient (Wildman–Crippen LogP) is 2.78. The van der Waals surface area contributed by atoms with Gasteiger partial charge < -0.3 is 5.11 Å². The normalized spacial score (nSPS) is 12.7. The van der Waals surface area contributed by atoms with Gasteiger partial charge in [-0.25, -0.2) is 4.39 Å². The summed E-state index contributed by atoms with van der Waals surface area (Å²) in [5.74, 6) is -0.276. The van der Waals surface area contributed by atoms with Gasteiger partial charge >= 0.3 is 0 Å². The molecule has 19 heavy (non-hydrogen) atoms. The molecule has 102 valence electrons. The molecule has 0 amide bonds. The Hall–Kier alpha value is -1.20. The van der Waals surface area contributed by atoms with Gasteiger partial charge in [0.1, 0.15) is 5.82 Å². The van der Waals surface area contributed by atoms with E-state index in [9.17, 15) is 9.50 Å². The first-order chi connectivity index (χ1) is 8.97. The zero-order valence-electron chi connectivity index (χ0n) is 10.9. The van der Waals surface area contributed by atoms with Crippen molar-refractivity contribution >= 4 is 15.9 Å². The Morgan fingerprint density at radius 1 is 1.42 bits per heavy atom. The minimum absolute atomic E-state index is 0.276. The third-order valence-corrected chi connectivity index (χ3v) is 4.08. The molecule has 0 radical (unpaired) electrons. The Morgan fingerprint density at radius 2 is 2.16 bits per heavy atom. The quantitative estimate of drug-likeness (QED) is 0.938. The molecule has 1 aromatic carbocycles. The Kier molecular flexibility index (Phi) is 4.37. The first-order valence-corrected chi connectivity index (χ1v) is 6.87. The number of rotatable bonds is 4. The number of aryl methyl sites for hydroxylation is 2. The zero-order valence-corrected chi connectivity index (χ0v) is 12.5. The van der Waals surface area contributed by atoms with Crippen molar-refractivity contribution in [2.45, 2.75) is 25.9 Å². The van der Waals surface area contributed by atoms with Gasteiger partial charge in [0.2, 0.25) is 0 Å². The van der Waals surface area contributed by atoms with Crippen LogP contribution in [0, 0.1) is 12.7 Å². The number of nitrogens with zero attached hydrogens (tertiary/aromatic N) is 2. The van der Waals surface area contributed by atoms with E-state index < -0.39 is 6.10 Å². The monoisotopic (exact) mass is 326 g/mol. The molecule has 0 fully saturated rings. The predicted molar refractivity (Wildman–Crippen MR) is 75.5 cm³/mol. The second-order valence-electron chi connectivity index (χ2n) is 4.66. The lowest BCUT2D eigenvalue weighted by Gasteiger charge is -2.11. The minimum atomic E-state index is -0.562. The van der Waals surface area contributed by atoms with Crippen LogP contribution in [-0.4, -0.2) is 21.0 Å². The van der Waals surface area contributed by atoms with Crippen molar-refractivity contribution in [3.8, 4) is 0 Å². The Balaban J connectivity index is 2.07. The van der Waals surface area contributed by atoms with Crippen LogP contribution < -0.4 is 0 Å². The fraction of sp³-hybridized carbons (Fsp3) is 0.357. The lowest BCUT2D eigenvalue weighted by atomic mass is 10.0. The van der Waals surface area contributed by atoms with Crippen molar-refractivity contribution in [2.75, 3.05) is 0 Å². The van der Waals surface area contributed by atoms with Crippen LogP contribution in [0.5, 0.6) is 0 Å². The summed E-state index contributed by atoms with van der Waals surface area (Å²) in [6.45, 7) is 1.91. The van der Waals surface area contributed by atoms with Gasteiger partial charge in [-0.1, -0.05) is 12.1 Å². The summed E-state index contributed by atoms with van der Waals surface area (Å²) in [7, 11) is 1.85. The van der Waals surface area contributed by atoms with Crippen LogP contribution in [0.1, 0.15) is 17.0 Å². The number of aliphatic hydroxyl groups excluding tert-OH is 1. The summed E-state index contributed by atoms with van der Waals surface area (Å²) in [5, 5.41) is 14.4. The molecule has 1 aromatic heterocycles. The van der Waals surface area contributed by atoms with Crippen molar-refractivity contribution in [3.63, 3.8) is 0 Å². The molecule has 5 heteroatoms. The van der Waals surface area contributed by atoms with E-state index in [0.717, 1.165) is 21.4 Å². The van der Waals surface area contributed by atoms with E-state index >= 15 is 0 Å². The van der Waals surface area contributed by atoms with Crippen molar-refractivity contribution < 1.29 is 9.50 Å². The summed E-state index contributed by atoms with van der Waals surface area (Å²) in [5.41, 5.74) is 2.64. The van der Waals surface area contributed by atoms with Gasteiger partial charge in [-0.05, 0) is 47.0 Å². The van der Waals surface area contributed by atoms with Gasteiger partial charge in [0.25, 0.3) is 0 Å². The lowest BCUT2D eigenvalue weighted by molar-refractivity contribution is 0.172. The zero-order chi connectivity index (χ0) is 14.0. The molecule has 1 atom stereocenters. The van der Waals surface area contributed by atoms with Crippen LogP contribution in [0.2, 0.25) is 0 Å². The summed E-state index contributed by atoms with van der Waals surface area (Å²) in [4.78, 5) is 0. The Bertz CT molecular complexity index is 583. The number of hydrogen-bond donors (Lipinski definition) is 1. The highest BCUT2D eigenvalue weighted by Crippen LogP contribution is 2.22. The highest BCUT2D eigenvalue weighted by atomic mass is 79.9. The maximum Gasteiger partial charge on any atom is 0.123 e. The number of aromatic nitrogens is 2. The summed E-state index contributed by atoms with van der Waals surface area (Å²) in [6.07, 6.45) is 0.343. The summed E-state index contributed by atoms with van der Waals surface area (Å²) < 4.78 is 15.8. The molecule has 0 aliphatic heterocycles. The van der Waals surface area contributed by atoms with E-state index in [1.54, 1.807) is 10.7 Å². The molecule has 1 N–H and O–H groups in total. The molecular weight excluding hydrogens is 311 g/mol. The standard InChI is InChI=1S/C14H16BrFN2O/c1-9-14(15)13(18(2)17-9)8-12(19)7-10-4-3-5-11(16)6-10/h3-6,12,19H,7-8H2,1-2H3. The van der Waals surface area contributed by atoms with Gasteiger partial charge in [0.05, 0.1) is 22.0 Å². The molecule has 0 bridgehead atoms. The lowest BCUT2D eigenvalue weighted by Crippen LogP contribution is -2.16. The van der Waals surface area contributed by atoms with Crippen molar-refractivity contribution in [1.29, 1.82) is 0 Å². The molecule has 2 aromatic rings. The molecular formula is C14H16BrFN2O. The van der Waals surface area contributed by atoms with Gasteiger partial charge in [0.15, 0.2) is 0 Å². The van der Waals surface area contributed by atoms with Gasteiger partial charge in [0, 0.05) is 13.5 Å². The van der Waals surface area contributed by atoms with E-state index in [2.05, 4.69) is 21.0 Å². The number of benzene rings is 1. The van der Waals surface area contributed by atoms with E-state index in [1.807, 2.05) is 20.0 Å². The number of aliphatic hydroxyl groups is 1. The van der Waals surface area contributed by atoms with E-state index in [1.165, 1.54) is 12.1 Å². The van der Waals surface area contributed by atoms with Crippen LogP contribution in [0.25, 0.3) is 0 Å². The van der Waals surface area contributed by atoms with Crippen LogP contribution in [0.4, 0.5) is 4.39 Å². The highest BCUT2D eigenvalue weighted by molar-refractivity contribution is 9.10. The SMILES string of the molecule is Cc1nn(C)c(CC(O)Cc2cccc(F)c2)c1Br. The minimum Gasteiger partial charge on any atom is -0.392 e. The average molecular weight is 327 g/mol. The van der Waals surface area contributed by atoms with Crippen molar-refractivity contribution in [2.24, 2.45) is 7.05 Å². The molecule has 0 aliphatic rings. The van der Waals surface area contributed by atoms with Crippen molar-refractivity contribution in [1.82, 2.24) is 9.78 Å². The fourth-order valence-corrected chi connectivity index (χ4v) is 2.63. The third kappa shape index (κ3) is 3.42. The number of hydrogen-bond acceptors (Lipinski definition) is 2. The Labute approximate surface area is 120 Å². The van der Waals surface area contributed by atoms with Crippen LogP contribution >= 0.6 is 15.9 Å². The van der Waals surface area contributed by atoms with E-state index in [4.69, 9.17) is 0 Å². The number of halogens is 2. The van der Waals surface area contributed by atoms with E-state index in [-0.39, 0.29) is 5.82 Å². The topological polar surface area (TPSA) is 38.0 Å².